The first kappa shape index (κ1) is 28.6. The largest absolute Gasteiger partial charge is 0.436 e. The molecule has 43 heavy (non-hydrogen) atoms. The van der Waals surface area contributed by atoms with Gasteiger partial charge in [-0.15, -0.1) is 0 Å². The number of fused-ring (bicyclic) bond motifs is 1. The number of hydrogen-bond acceptors (Lipinski definition) is 9. The van der Waals surface area contributed by atoms with Crippen LogP contribution in [-0.2, 0) is 14.3 Å². The number of nitrogens with zero attached hydrogens (tertiary/aromatic N) is 4. The molecule has 2 aliphatic rings. The molecule has 0 aliphatic carbocycles. The van der Waals surface area contributed by atoms with Gasteiger partial charge in [-0.1, -0.05) is 30.3 Å². The normalized spacial score (nSPS) is 16.3. The fourth-order valence-corrected chi connectivity index (χ4v) is 5.65. The van der Waals surface area contributed by atoms with Gasteiger partial charge >= 0.3 is 0 Å². The van der Waals surface area contributed by atoms with Crippen LogP contribution in [0.1, 0.15) is 5.56 Å². The Bertz CT molecular complexity index is 1760. The van der Waals surface area contributed by atoms with Crippen LogP contribution in [0.15, 0.2) is 71.8 Å². The van der Waals surface area contributed by atoms with E-state index in [0.29, 0.717) is 41.6 Å². The summed E-state index contributed by atoms with van der Waals surface area (Å²) in [6, 6.07) is 18.0. The van der Waals surface area contributed by atoms with E-state index in [0.717, 1.165) is 35.3 Å². The van der Waals surface area contributed by atoms with Gasteiger partial charge in [-0.05, 0) is 70.5 Å². The molecule has 3 heterocycles. The summed E-state index contributed by atoms with van der Waals surface area (Å²) >= 11 is 6.53. The molecule has 1 N–H and O–H groups in total. The molecule has 0 radical (unpaired) electrons. The molecule has 3 amide bonds. The molecular formula is C30H23ClFN5O5S. The summed E-state index contributed by atoms with van der Waals surface area (Å²) in [5.74, 6) is -2.20. The van der Waals surface area contributed by atoms with Crippen molar-refractivity contribution in [3.8, 4) is 11.6 Å². The number of anilines is 2. The van der Waals surface area contributed by atoms with Gasteiger partial charge in [-0.3, -0.25) is 19.3 Å². The minimum atomic E-state index is -0.828. The van der Waals surface area contributed by atoms with Crippen molar-refractivity contribution < 1.29 is 28.2 Å². The first-order valence-corrected chi connectivity index (χ1v) is 14.4. The second-order valence-corrected chi connectivity index (χ2v) is 10.9. The maximum atomic E-state index is 14.4. The van der Waals surface area contributed by atoms with Crippen LogP contribution in [0.2, 0.25) is 5.28 Å². The molecule has 0 bridgehead atoms. The van der Waals surface area contributed by atoms with Crippen LogP contribution in [0.5, 0.6) is 11.6 Å². The average Bonchev–Trinajstić information content (AvgIpc) is 3.28. The highest BCUT2D eigenvalue weighted by atomic mass is 35.5. The van der Waals surface area contributed by atoms with Crippen molar-refractivity contribution in [1.29, 1.82) is 0 Å². The first-order chi connectivity index (χ1) is 20.9. The lowest BCUT2D eigenvalue weighted by molar-refractivity contribution is -0.127. The van der Waals surface area contributed by atoms with Gasteiger partial charge in [0.25, 0.3) is 17.0 Å². The molecule has 1 aromatic heterocycles. The maximum Gasteiger partial charge on any atom is 0.294 e. The first-order valence-electron chi connectivity index (χ1n) is 13.2. The van der Waals surface area contributed by atoms with E-state index in [2.05, 4.69) is 20.2 Å². The summed E-state index contributed by atoms with van der Waals surface area (Å²) in [6.45, 7) is 2.44. The molecule has 0 spiro atoms. The van der Waals surface area contributed by atoms with Crippen LogP contribution in [0.4, 0.5) is 20.6 Å². The third-order valence-corrected chi connectivity index (χ3v) is 7.89. The molecule has 2 saturated heterocycles. The minimum absolute atomic E-state index is 0.0788. The van der Waals surface area contributed by atoms with Crippen LogP contribution in [0.25, 0.3) is 16.8 Å². The fourth-order valence-electron chi connectivity index (χ4n) is 4.71. The van der Waals surface area contributed by atoms with Gasteiger partial charge < -0.3 is 19.7 Å². The van der Waals surface area contributed by atoms with Crippen molar-refractivity contribution in [2.45, 2.75) is 0 Å². The number of ether oxygens (including phenoxy) is 2. The van der Waals surface area contributed by atoms with Gasteiger partial charge in [0, 0.05) is 30.0 Å². The molecule has 0 unspecified atom stereocenters. The number of imide groups is 1. The van der Waals surface area contributed by atoms with Gasteiger partial charge in [0.05, 0.1) is 24.3 Å². The van der Waals surface area contributed by atoms with E-state index in [1.54, 1.807) is 36.4 Å². The highest BCUT2D eigenvalue weighted by molar-refractivity contribution is 8.18. The number of benzene rings is 3. The third-order valence-electron chi connectivity index (χ3n) is 6.80. The molecule has 10 nitrogen and oxygen atoms in total. The number of amides is 3. The van der Waals surface area contributed by atoms with E-state index in [1.807, 2.05) is 24.3 Å². The number of thioether (sulfide) groups is 1. The predicted molar refractivity (Wildman–Crippen MR) is 162 cm³/mol. The molecule has 4 aromatic rings. The standard InChI is InChI=1S/C30H23ClFN5O5S/c31-29-33-16-23(32)27(35-29)42-24-10-5-18-3-1-2-4-21(18)22(24)15-25-28(39)37(30(40)43-25)17-26(38)34-19-6-8-20(9-7-19)36-11-13-41-14-12-36/h1-10,15-16H,11-14,17H2,(H,34,38)/b25-15+. The molecule has 2 aliphatic heterocycles. The Kier molecular flexibility index (Phi) is 8.23. The van der Waals surface area contributed by atoms with Crippen LogP contribution in [0.3, 0.4) is 0 Å². The summed E-state index contributed by atoms with van der Waals surface area (Å²) < 4.78 is 25.5. The van der Waals surface area contributed by atoms with Gasteiger partial charge in [0.15, 0.2) is 0 Å². The number of hydrogen-bond donors (Lipinski definition) is 1. The number of carbonyl (C=O) groups is 3. The molecule has 2 fully saturated rings. The van der Waals surface area contributed by atoms with Crippen molar-refractivity contribution in [2.75, 3.05) is 43.1 Å². The van der Waals surface area contributed by atoms with Crippen molar-refractivity contribution in [3.63, 3.8) is 0 Å². The number of aromatic nitrogens is 2. The second kappa shape index (κ2) is 12.4. The van der Waals surface area contributed by atoms with Crippen LogP contribution in [-0.4, -0.2) is 64.8 Å². The number of carbonyl (C=O) groups excluding carboxylic acids is 3. The minimum Gasteiger partial charge on any atom is -0.436 e. The average molecular weight is 620 g/mol. The summed E-state index contributed by atoms with van der Waals surface area (Å²) in [5.41, 5.74) is 1.97. The summed E-state index contributed by atoms with van der Waals surface area (Å²) in [6.07, 6.45) is 2.38. The summed E-state index contributed by atoms with van der Waals surface area (Å²) in [5, 5.41) is 3.45. The Morgan fingerprint density at radius 1 is 1.09 bits per heavy atom. The molecule has 6 rings (SSSR count). The number of halogens is 2. The lowest BCUT2D eigenvalue weighted by atomic mass is 10.0. The van der Waals surface area contributed by atoms with E-state index in [9.17, 15) is 18.8 Å². The topological polar surface area (TPSA) is 114 Å². The highest BCUT2D eigenvalue weighted by Crippen LogP contribution is 2.38. The zero-order chi connectivity index (χ0) is 29.9. The molecule has 0 atom stereocenters. The highest BCUT2D eigenvalue weighted by Gasteiger charge is 2.36. The monoisotopic (exact) mass is 619 g/mol. The lowest BCUT2D eigenvalue weighted by Gasteiger charge is -2.28. The van der Waals surface area contributed by atoms with Crippen molar-refractivity contribution in [1.82, 2.24) is 14.9 Å². The van der Waals surface area contributed by atoms with Gasteiger partial charge in [-0.2, -0.15) is 9.37 Å². The zero-order valence-electron chi connectivity index (χ0n) is 22.5. The number of nitrogens with one attached hydrogen (secondary N) is 1. The van der Waals surface area contributed by atoms with Crippen molar-refractivity contribution in [2.24, 2.45) is 0 Å². The van der Waals surface area contributed by atoms with E-state index in [1.165, 1.54) is 6.08 Å². The van der Waals surface area contributed by atoms with E-state index in [-0.39, 0.29) is 15.9 Å². The van der Waals surface area contributed by atoms with E-state index in [4.69, 9.17) is 21.1 Å². The molecular weight excluding hydrogens is 597 g/mol. The maximum absolute atomic E-state index is 14.4. The molecule has 218 valence electrons. The smallest absolute Gasteiger partial charge is 0.294 e. The van der Waals surface area contributed by atoms with Gasteiger partial charge in [0.1, 0.15) is 12.3 Å². The molecule has 0 saturated carbocycles. The fraction of sp³-hybridized carbons (Fsp3) is 0.167. The van der Waals surface area contributed by atoms with E-state index >= 15 is 0 Å². The Hall–Kier alpha value is -4.52. The van der Waals surface area contributed by atoms with Crippen LogP contribution in [0, 0.1) is 5.82 Å². The Morgan fingerprint density at radius 2 is 1.86 bits per heavy atom. The Morgan fingerprint density at radius 3 is 2.65 bits per heavy atom. The number of rotatable bonds is 7. The van der Waals surface area contributed by atoms with Crippen molar-refractivity contribution >= 4 is 68.6 Å². The lowest BCUT2D eigenvalue weighted by Crippen LogP contribution is -2.36. The second-order valence-electron chi connectivity index (χ2n) is 9.56. The predicted octanol–water partition coefficient (Wildman–Crippen LogP) is 5.73. The van der Waals surface area contributed by atoms with Crippen molar-refractivity contribution in [3.05, 3.63) is 88.4 Å². The SMILES string of the molecule is O=C(CN1C(=O)S/C(=C/c2c(Oc3nc(Cl)ncc3F)ccc3ccccc23)C1=O)Nc1ccc(N2CCOCC2)cc1. The molecule has 3 aromatic carbocycles. The van der Waals surface area contributed by atoms with Gasteiger partial charge in [0.2, 0.25) is 17.0 Å². The summed E-state index contributed by atoms with van der Waals surface area (Å²) in [7, 11) is 0. The Labute approximate surface area is 254 Å². The van der Waals surface area contributed by atoms with E-state index < -0.39 is 35.3 Å². The molecule has 13 heteroatoms. The summed E-state index contributed by atoms with van der Waals surface area (Å²) in [4.78, 5) is 49.5. The Balaban J connectivity index is 1.21. The third kappa shape index (κ3) is 6.31. The van der Waals surface area contributed by atoms with Gasteiger partial charge in [-0.25, -0.2) is 4.98 Å². The quantitative estimate of drug-likeness (QED) is 0.205. The zero-order valence-corrected chi connectivity index (χ0v) is 24.0. The number of morpholine rings is 1. The van der Waals surface area contributed by atoms with Crippen LogP contribution < -0.4 is 15.0 Å². The van der Waals surface area contributed by atoms with Crippen LogP contribution >= 0.6 is 23.4 Å².